The number of hydrogen-bond acceptors (Lipinski definition) is 5. The third kappa shape index (κ3) is 5.37. The number of aromatic nitrogens is 3. The van der Waals surface area contributed by atoms with Crippen molar-refractivity contribution < 1.29 is 13.2 Å². The van der Waals surface area contributed by atoms with Gasteiger partial charge in [-0.25, -0.2) is 13.1 Å². The zero-order chi connectivity index (χ0) is 21.6. The van der Waals surface area contributed by atoms with Crippen molar-refractivity contribution in [2.24, 2.45) is 0 Å². The highest BCUT2D eigenvalue weighted by Gasteiger charge is 2.22. The van der Waals surface area contributed by atoms with Crippen LogP contribution in [-0.4, -0.2) is 52.8 Å². The number of hydrogen-bond donors (Lipinski definition) is 1. The molecule has 0 unspecified atom stereocenters. The second-order valence-electron chi connectivity index (χ2n) is 7.91. The summed E-state index contributed by atoms with van der Waals surface area (Å²) in [5.74, 6) is 0.0324. The molecule has 1 heterocycles. The molecule has 3 rings (SSSR count). The lowest BCUT2D eigenvalue weighted by Crippen LogP contribution is -2.35. The predicted octanol–water partition coefficient (Wildman–Crippen LogP) is 3.08. The molecule has 1 amide bonds. The molecule has 166 valence electrons. The number of sulfonamides is 1. The average Bonchev–Trinajstić information content (AvgIpc) is 3.11. The van der Waals surface area contributed by atoms with Crippen LogP contribution in [0.4, 0.5) is 0 Å². The highest BCUT2D eigenvalue weighted by molar-refractivity contribution is 7.89. The molecule has 1 aromatic carbocycles. The molecule has 2 aromatic rings. The van der Waals surface area contributed by atoms with Gasteiger partial charge in [-0.2, -0.15) is 4.31 Å². The smallest absolute Gasteiger partial charge is 0.243 e. The summed E-state index contributed by atoms with van der Waals surface area (Å²) in [5.41, 5.74) is 1.25. The molecule has 0 radical (unpaired) electrons. The van der Waals surface area contributed by atoms with Crippen molar-refractivity contribution >= 4 is 27.0 Å². The molecule has 1 aromatic heterocycles. The van der Waals surface area contributed by atoms with Crippen LogP contribution >= 0.6 is 0 Å². The molecule has 1 aliphatic rings. The third-order valence-corrected chi connectivity index (χ3v) is 7.90. The molecular formula is C21H33N5O3S. The predicted molar refractivity (Wildman–Crippen MR) is 117 cm³/mol. The minimum atomic E-state index is -3.54. The van der Waals surface area contributed by atoms with E-state index in [2.05, 4.69) is 15.6 Å². The number of fused-ring (bicyclic) bond motifs is 1. The van der Waals surface area contributed by atoms with Gasteiger partial charge in [-0.3, -0.25) is 4.79 Å². The number of carbonyl (C=O) groups excluding carboxylic acids is 1. The first-order chi connectivity index (χ1) is 14.5. The lowest BCUT2D eigenvalue weighted by molar-refractivity contribution is -0.122. The Labute approximate surface area is 179 Å². The molecule has 0 spiro atoms. The van der Waals surface area contributed by atoms with Crippen LogP contribution in [0.25, 0.3) is 11.0 Å². The first kappa shape index (κ1) is 22.7. The van der Waals surface area contributed by atoms with Crippen molar-refractivity contribution in [1.29, 1.82) is 0 Å². The topological polar surface area (TPSA) is 97.2 Å². The van der Waals surface area contributed by atoms with Gasteiger partial charge in [0.05, 0.1) is 17.0 Å². The first-order valence-electron chi connectivity index (χ1n) is 11.1. The molecule has 8 nitrogen and oxygen atoms in total. The van der Waals surface area contributed by atoms with Crippen LogP contribution in [0.3, 0.4) is 0 Å². The second-order valence-corrected chi connectivity index (χ2v) is 9.85. The summed E-state index contributed by atoms with van der Waals surface area (Å²) < 4.78 is 28.5. The van der Waals surface area contributed by atoms with Gasteiger partial charge in [0, 0.05) is 25.6 Å². The fourth-order valence-electron chi connectivity index (χ4n) is 4.10. The molecule has 30 heavy (non-hydrogen) atoms. The van der Waals surface area contributed by atoms with E-state index >= 15 is 0 Å². The van der Waals surface area contributed by atoms with E-state index in [1.807, 2.05) is 13.8 Å². The van der Waals surface area contributed by atoms with E-state index < -0.39 is 10.0 Å². The fraction of sp³-hybridized carbons (Fsp3) is 0.667. The molecule has 0 bridgehead atoms. The quantitative estimate of drug-likeness (QED) is 0.687. The van der Waals surface area contributed by atoms with Gasteiger partial charge in [0.25, 0.3) is 0 Å². The SMILES string of the molecule is CCN(CC)S(=O)(=O)c1ccc2c(c1)nnn2CCC(=O)NC1CCCCCCC1. The van der Waals surface area contributed by atoms with E-state index in [4.69, 9.17) is 0 Å². The Morgan fingerprint density at radius 3 is 2.47 bits per heavy atom. The summed E-state index contributed by atoms with van der Waals surface area (Å²) in [6, 6.07) is 5.14. The van der Waals surface area contributed by atoms with E-state index in [9.17, 15) is 13.2 Å². The Hall–Kier alpha value is -2.00. The van der Waals surface area contributed by atoms with Crippen molar-refractivity contribution in [2.75, 3.05) is 13.1 Å². The largest absolute Gasteiger partial charge is 0.353 e. The minimum absolute atomic E-state index is 0.0324. The Balaban J connectivity index is 1.64. The van der Waals surface area contributed by atoms with Gasteiger partial charge in [-0.1, -0.05) is 51.2 Å². The second kappa shape index (κ2) is 10.3. The van der Waals surface area contributed by atoms with Gasteiger partial charge in [0.15, 0.2) is 0 Å². The number of carbonyl (C=O) groups is 1. The van der Waals surface area contributed by atoms with E-state index in [0.29, 0.717) is 31.6 Å². The summed E-state index contributed by atoms with van der Waals surface area (Å²) in [6.07, 6.45) is 8.61. The number of amides is 1. The number of rotatable bonds is 8. The molecule has 1 aliphatic carbocycles. The number of nitrogens with one attached hydrogen (secondary N) is 1. The third-order valence-electron chi connectivity index (χ3n) is 5.85. The summed E-state index contributed by atoms with van der Waals surface area (Å²) in [6.45, 7) is 4.88. The Kier molecular flexibility index (Phi) is 7.82. The fourth-order valence-corrected chi connectivity index (χ4v) is 5.58. The summed E-state index contributed by atoms with van der Waals surface area (Å²) in [4.78, 5) is 12.6. The zero-order valence-corrected chi connectivity index (χ0v) is 18.8. The van der Waals surface area contributed by atoms with Crippen LogP contribution < -0.4 is 5.32 Å². The van der Waals surface area contributed by atoms with E-state index in [1.165, 1.54) is 36.4 Å². The Bertz CT molecular complexity index is 945. The normalized spacial score (nSPS) is 16.5. The summed E-state index contributed by atoms with van der Waals surface area (Å²) in [7, 11) is -3.54. The standard InChI is InChI=1S/C21H33N5O3S/c1-3-25(4-2)30(28,29)18-12-13-20-19(16-18)23-24-26(20)15-14-21(27)22-17-10-8-6-5-7-9-11-17/h12-13,16-17H,3-11,14-15H2,1-2H3,(H,22,27). The molecule has 1 saturated carbocycles. The maximum Gasteiger partial charge on any atom is 0.243 e. The van der Waals surface area contributed by atoms with Gasteiger partial charge in [-0.05, 0) is 31.0 Å². The van der Waals surface area contributed by atoms with Crippen molar-refractivity contribution in [3.05, 3.63) is 18.2 Å². The lowest BCUT2D eigenvalue weighted by Gasteiger charge is -2.21. The average molecular weight is 436 g/mol. The number of aryl methyl sites for hydroxylation is 1. The maximum atomic E-state index is 12.7. The zero-order valence-electron chi connectivity index (χ0n) is 18.0. The van der Waals surface area contributed by atoms with Gasteiger partial charge in [-0.15, -0.1) is 5.10 Å². The Morgan fingerprint density at radius 2 is 1.80 bits per heavy atom. The van der Waals surface area contributed by atoms with Crippen molar-refractivity contribution in [2.45, 2.75) is 82.7 Å². The first-order valence-corrected chi connectivity index (χ1v) is 12.5. The number of benzene rings is 1. The van der Waals surface area contributed by atoms with Crippen LogP contribution in [0, 0.1) is 0 Å². The number of nitrogens with zero attached hydrogens (tertiary/aromatic N) is 4. The van der Waals surface area contributed by atoms with Crippen LogP contribution in [0.2, 0.25) is 0 Å². The van der Waals surface area contributed by atoms with E-state index in [1.54, 1.807) is 22.9 Å². The van der Waals surface area contributed by atoms with Gasteiger partial charge in [0.2, 0.25) is 15.9 Å². The monoisotopic (exact) mass is 435 g/mol. The Morgan fingerprint density at radius 1 is 1.13 bits per heavy atom. The van der Waals surface area contributed by atoms with Crippen LogP contribution in [0.5, 0.6) is 0 Å². The van der Waals surface area contributed by atoms with Crippen LogP contribution in [-0.2, 0) is 21.4 Å². The van der Waals surface area contributed by atoms with Crippen LogP contribution in [0.1, 0.15) is 65.2 Å². The van der Waals surface area contributed by atoms with Gasteiger partial charge in [0.1, 0.15) is 5.52 Å². The van der Waals surface area contributed by atoms with Crippen LogP contribution in [0.15, 0.2) is 23.1 Å². The van der Waals surface area contributed by atoms with Crippen molar-refractivity contribution in [1.82, 2.24) is 24.6 Å². The maximum absolute atomic E-state index is 12.7. The highest BCUT2D eigenvalue weighted by Crippen LogP contribution is 2.21. The minimum Gasteiger partial charge on any atom is -0.353 e. The molecular weight excluding hydrogens is 402 g/mol. The van der Waals surface area contributed by atoms with Crippen molar-refractivity contribution in [3.8, 4) is 0 Å². The molecule has 0 aliphatic heterocycles. The lowest BCUT2D eigenvalue weighted by atomic mass is 9.96. The van der Waals surface area contributed by atoms with E-state index in [0.717, 1.165) is 18.4 Å². The van der Waals surface area contributed by atoms with E-state index in [-0.39, 0.29) is 16.8 Å². The molecule has 1 N–H and O–H groups in total. The molecule has 9 heteroatoms. The summed E-state index contributed by atoms with van der Waals surface area (Å²) >= 11 is 0. The van der Waals surface area contributed by atoms with Gasteiger partial charge < -0.3 is 5.32 Å². The van der Waals surface area contributed by atoms with Gasteiger partial charge >= 0.3 is 0 Å². The highest BCUT2D eigenvalue weighted by atomic mass is 32.2. The molecule has 0 atom stereocenters. The molecule has 0 saturated heterocycles. The summed E-state index contributed by atoms with van der Waals surface area (Å²) in [5, 5.41) is 11.4. The van der Waals surface area contributed by atoms with Crippen molar-refractivity contribution in [3.63, 3.8) is 0 Å². The molecule has 1 fully saturated rings.